The first-order valence-corrected chi connectivity index (χ1v) is 10.6. The van der Waals surface area contributed by atoms with Gasteiger partial charge in [0.2, 0.25) is 5.95 Å². The molecule has 196 valence electrons. The molecule has 0 saturated carbocycles. The number of piperazine rings is 1. The van der Waals surface area contributed by atoms with E-state index in [0.717, 1.165) is 18.5 Å². The standard InChI is InChI=1S/C20H22F6N8O2/c1-12(30-13-11-29-32-16(35)15(13)20(24,25)26)3-2-5-28-18(36)34-9-7-33(8-10-34)17-27-6-4-14(31-17)19(21,22)23/h2-4,6,11-12H,5,7-10H2,1H3,(H,28,36)(H2,30,32,35)/b3-2+/t12-/m0/s1. The molecule has 0 unspecified atom stereocenters. The molecule has 36 heavy (non-hydrogen) atoms. The lowest BCUT2D eigenvalue weighted by atomic mass is 10.2. The van der Waals surface area contributed by atoms with Gasteiger partial charge in [0.05, 0.1) is 11.9 Å². The number of alkyl halides is 6. The molecular weight excluding hydrogens is 498 g/mol. The highest BCUT2D eigenvalue weighted by Crippen LogP contribution is 2.31. The van der Waals surface area contributed by atoms with E-state index in [-0.39, 0.29) is 38.7 Å². The molecule has 2 amide bonds. The fourth-order valence-electron chi connectivity index (χ4n) is 3.38. The number of carbonyl (C=O) groups is 1. The van der Waals surface area contributed by atoms with Crippen LogP contribution in [0.1, 0.15) is 18.2 Å². The van der Waals surface area contributed by atoms with Gasteiger partial charge < -0.3 is 20.4 Å². The quantitative estimate of drug-likeness (QED) is 0.396. The molecule has 3 heterocycles. The van der Waals surface area contributed by atoms with Gasteiger partial charge >= 0.3 is 18.4 Å². The smallest absolute Gasteiger partial charge is 0.377 e. The minimum Gasteiger partial charge on any atom is -0.377 e. The van der Waals surface area contributed by atoms with E-state index >= 15 is 0 Å². The van der Waals surface area contributed by atoms with Crippen LogP contribution in [-0.4, -0.2) is 69.9 Å². The fourth-order valence-corrected chi connectivity index (χ4v) is 3.38. The normalized spacial score (nSPS) is 15.8. The first-order chi connectivity index (χ1) is 16.9. The molecule has 0 aliphatic carbocycles. The number of nitrogens with zero attached hydrogens (tertiary/aromatic N) is 5. The molecule has 16 heteroatoms. The number of halogens is 6. The van der Waals surface area contributed by atoms with Crippen LogP contribution in [-0.2, 0) is 12.4 Å². The van der Waals surface area contributed by atoms with Gasteiger partial charge in [-0.1, -0.05) is 12.2 Å². The van der Waals surface area contributed by atoms with Crippen LogP contribution in [0.2, 0.25) is 0 Å². The number of urea groups is 1. The molecule has 3 N–H and O–H groups in total. The second kappa shape index (κ2) is 10.8. The van der Waals surface area contributed by atoms with Crippen molar-refractivity contribution < 1.29 is 31.1 Å². The highest BCUT2D eigenvalue weighted by Gasteiger charge is 2.37. The van der Waals surface area contributed by atoms with E-state index in [9.17, 15) is 35.9 Å². The van der Waals surface area contributed by atoms with Crippen molar-refractivity contribution in [2.45, 2.75) is 25.3 Å². The molecule has 1 aliphatic rings. The molecule has 1 aliphatic heterocycles. The summed E-state index contributed by atoms with van der Waals surface area (Å²) in [5.41, 5.74) is -4.28. The van der Waals surface area contributed by atoms with Crippen molar-refractivity contribution in [1.29, 1.82) is 0 Å². The van der Waals surface area contributed by atoms with E-state index in [1.54, 1.807) is 16.9 Å². The third kappa shape index (κ3) is 6.85. The number of H-pyrrole nitrogens is 1. The predicted molar refractivity (Wildman–Crippen MR) is 116 cm³/mol. The first-order valence-electron chi connectivity index (χ1n) is 10.6. The average Bonchev–Trinajstić information content (AvgIpc) is 2.80. The predicted octanol–water partition coefficient (Wildman–Crippen LogP) is 2.49. The molecule has 0 radical (unpaired) electrons. The third-order valence-corrected chi connectivity index (χ3v) is 5.10. The number of amides is 2. The van der Waals surface area contributed by atoms with Crippen molar-refractivity contribution in [2.75, 3.05) is 42.9 Å². The van der Waals surface area contributed by atoms with Gasteiger partial charge in [-0.2, -0.15) is 31.4 Å². The van der Waals surface area contributed by atoms with Crippen molar-refractivity contribution >= 4 is 17.7 Å². The van der Waals surface area contributed by atoms with Gasteiger partial charge in [-0.3, -0.25) is 4.79 Å². The van der Waals surface area contributed by atoms with Crippen LogP contribution in [0.15, 0.2) is 35.4 Å². The molecule has 1 fully saturated rings. The summed E-state index contributed by atoms with van der Waals surface area (Å²) < 4.78 is 77.9. The van der Waals surface area contributed by atoms with E-state index in [1.807, 2.05) is 0 Å². The van der Waals surface area contributed by atoms with Crippen molar-refractivity contribution in [3.8, 4) is 0 Å². The van der Waals surface area contributed by atoms with Crippen LogP contribution >= 0.6 is 0 Å². The van der Waals surface area contributed by atoms with Crippen molar-refractivity contribution in [1.82, 2.24) is 30.4 Å². The Kier molecular flexibility index (Phi) is 8.04. The highest BCUT2D eigenvalue weighted by atomic mass is 19.4. The zero-order chi connectivity index (χ0) is 26.5. The van der Waals surface area contributed by atoms with Gasteiger partial charge in [0.15, 0.2) is 0 Å². The Morgan fingerprint density at radius 1 is 1.17 bits per heavy atom. The summed E-state index contributed by atoms with van der Waals surface area (Å²) in [5, 5.41) is 10.3. The molecule has 2 aromatic rings. The van der Waals surface area contributed by atoms with Crippen molar-refractivity contribution in [2.24, 2.45) is 0 Å². The maximum absolute atomic E-state index is 13.1. The summed E-state index contributed by atoms with van der Waals surface area (Å²) >= 11 is 0. The number of aromatic nitrogens is 4. The van der Waals surface area contributed by atoms with Crippen molar-refractivity contribution in [3.05, 3.63) is 52.2 Å². The second-order valence-electron chi connectivity index (χ2n) is 7.75. The minimum absolute atomic E-state index is 0.0707. The summed E-state index contributed by atoms with van der Waals surface area (Å²) in [6.45, 7) is 2.54. The van der Waals surface area contributed by atoms with Gasteiger partial charge in [0.1, 0.15) is 11.3 Å². The lowest BCUT2D eigenvalue weighted by molar-refractivity contribution is -0.141. The van der Waals surface area contributed by atoms with E-state index < -0.39 is 46.9 Å². The van der Waals surface area contributed by atoms with Crippen LogP contribution in [0.4, 0.5) is 42.8 Å². The van der Waals surface area contributed by atoms with Crippen LogP contribution < -0.4 is 21.1 Å². The Bertz CT molecular complexity index is 1140. The van der Waals surface area contributed by atoms with Gasteiger partial charge in [-0.05, 0) is 13.0 Å². The van der Waals surface area contributed by atoms with Gasteiger partial charge in [-0.15, -0.1) is 0 Å². The second-order valence-corrected chi connectivity index (χ2v) is 7.75. The molecular formula is C20H22F6N8O2. The van der Waals surface area contributed by atoms with Crippen molar-refractivity contribution in [3.63, 3.8) is 0 Å². The number of rotatable bonds is 6. The Morgan fingerprint density at radius 2 is 1.86 bits per heavy atom. The number of carbonyl (C=O) groups excluding carboxylic acids is 1. The van der Waals surface area contributed by atoms with Gasteiger partial charge in [0, 0.05) is 45.0 Å². The summed E-state index contributed by atoms with van der Waals surface area (Å²) in [5.74, 6) is -0.0707. The number of anilines is 2. The minimum atomic E-state index is -4.87. The Labute approximate surface area is 200 Å². The maximum Gasteiger partial charge on any atom is 0.433 e. The van der Waals surface area contributed by atoms with E-state index in [4.69, 9.17) is 0 Å². The molecule has 0 aromatic carbocycles. The maximum atomic E-state index is 13.1. The highest BCUT2D eigenvalue weighted by molar-refractivity contribution is 5.74. The van der Waals surface area contributed by atoms with Crippen LogP contribution in [0, 0.1) is 0 Å². The summed E-state index contributed by atoms with van der Waals surface area (Å²) in [7, 11) is 0. The lowest BCUT2D eigenvalue weighted by Gasteiger charge is -2.34. The molecule has 0 spiro atoms. The Morgan fingerprint density at radius 3 is 2.50 bits per heavy atom. The van der Waals surface area contributed by atoms with Crippen LogP contribution in [0.5, 0.6) is 0 Å². The Hall–Kier alpha value is -3.85. The third-order valence-electron chi connectivity index (χ3n) is 5.10. The first kappa shape index (κ1) is 26.7. The molecule has 1 saturated heterocycles. The molecule has 1 atom stereocenters. The lowest BCUT2D eigenvalue weighted by Crippen LogP contribution is -2.52. The number of nitrogens with one attached hydrogen (secondary N) is 3. The SMILES string of the molecule is C[C@@H](/C=C/CNC(=O)N1CCN(c2nccc(C(F)(F)F)n2)CC1)Nc1cn[nH]c(=O)c1C(F)(F)F. The van der Waals surface area contributed by atoms with Gasteiger partial charge in [0.25, 0.3) is 5.56 Å². The largest absolute Gasteiger partial charge is 0.433 e. The van der Waals surface area contributed by atoms with E-state index in [2.05, 4.69) is 25.7 Å². The molecule has 0 bridgehead atoms. The molecule has 10 nitrogen and oxygen atoms in total. The average molecular weight is 520 g/mol. The van der Waals surface area contributed by atoms with Gasteiger partial charge in [-0.25, -0.2) is 19.9 Å². The molecule has 3 rings (SSSR count). The number of hydrogen-bond donors (Lipinski definition) is 3. The summed E-state index contributed by atoms with van der Waals surface area (Å²) in [6, 6.07) is -0.256. The summed E-state index contributed by atoms with van der Waals surface area (Å²) in [6.07, 6.45) is -4.53. The summed E-state index contributed by atoms with van der Waals surface area (Å²) in [4.78, 5) is 34.3. The number of aromatic amines is 1. The van der Waals surface area contributed by atoms with Crippen LogP contribution in [0.25, 0.3) is 0 Å². The molecule has 2 aromatic heterocycles. The fraction of sp³-hybridized carbons (Fsp3) is 0.450. The topological polar surface area (TPSA) is 119 Å². The van der Waals surface area contributed by atoms with Crippen LogP contribution in [0.3, 0.4) is 0 Å². The monoisotopic (exact) mass is 520 g/mol. The zero-order valence-corrected chi connectivity index (χ0v) is 18.8. The Balaban J connectivity index is 1.47. The zero-order valence-electron chi connectivity index (χ0n) is 18.8. The number of hydrogen-bond acceptors (Lipinski definition) is 7. The van der Waals surface area contributed by atoms with E-state index in [0.29, 0.717) is 0 Å². The van der Waals surface area contributed by atoms with E-state index in [1.165, 1.54) is 17.1 Å².